The molecule has 0 aliphatic heterocycles. The smallest absolute Gasteiger partial charge is 0.245 e. The second kappa shape index (κ2) is 7.45. The minimum atomic E-state index is -1.26. The Hall–Kier alpha value is -2.84. The Labute approximate surface area is 173 Å². The van der Waals surface area contributed by atoms with Crippen LogP contribution in [0, 0.1) is 11.6 Å². The van der Waals surface area contributed by atoms with E-state index in [0.717, 1.165) is 11.1 Å². The zero-order valence-electron chi connectivity index (χ0n) is 16.5. The summed E-state index contributed by atoms with van der Waals surface area (Å²) >= 11 is 0. The number of fused-ring (bicyclic) bond motifs is 2. The zero-order chi connectivity index (χ0) is 21.6. The number of halogens is 2. The molecule has 4 unspecified atom stereocenters. The van der Waals surface area contributed by atoms with E-state index in [4.69, 9.17) is 11.5 Å². The van der Waals surface area contributed by atoms with Crippen molar-refractivity contribution in [3.63, 3.8) is 0 Å². The van der Waals surface area contributed by atoms with Crippen LogP contribution in [0.4, 0.5) is 8.78 Å². The summed E-state index contributed by atoms with van der Waals surface area (Å²) in [5.74, 6) is -1.77. The van der Waals surface area contributed by atoms with E-state index in [0.29, 0.717) is 30.4 Å². The van der Waals surface area contributed by atoms with Gasteiger partial charge in [-0.15, -0.1) is 0 Å². The Bertz CT molecular complexity index is 1030. The second-order valence-corrected chi connectivity index (χ2v) is 8.16. The lowest BCUT2D eigenvalue weighted by molar-refractivity contribution is -0.130. The second-order valence-electron chi connectivity index (χ2n) is 8.16. The van der Waals surface area contributed by atoms with Crippen molar-refractivity contribution in [3.05, 3.63) is 70.3 Å². The highest BCUT2D eigenvalue weighted by Crippen LogP contribution is 2.38. The Balaban J connectivity index is 1.61. The number of amides is 2. The summed E-state index contributed by atoms with van der Waals surface area (Å²) in [5, 5.41) is 5.52. The molecule has 8 heteroatoms. The summed E-state index contributed by atoms with van der Waals surface area (Å²) in [7, 11) is 0. The van der Waals surface area contributed by atoms with Crippen molar-refractivity contribution in [3.8, 4) is 0 Å². The monoisotopic (exact) mass is 414 g/mol. The normalized spacial score (nSPS) is 25.4. The summed E-state index contributed by atoms with van der Waals surface area (Å²) in [5.41, 5.74) is 14.5. The predicted molar refractivity (Wildman–Crippen MR) is 107 cm³/mol. The fourth-order valence-corrected chi connectivity index (χ4v) is 4.66. The van der Waals surface area contributed by atoms with Gasteiger partial charge in [-0.2, -0.15) is 0 Å². The topological polar surface area (TPSA) is 110 Å². The van der Waals surface area contributed by atoms with Crippen LogP contribution in [0.1, 0.15) is 41.6 Å². The molecule has 0 saturated carbocycles. The van der Waals surface area contributed by atoms with Gasteiger partial charge >= 0.3 is 0 Å². The molecule has 0 spiro atoms. The number of hydrogen-bond donors (Lipinski definition) is 4. The molecule has 158 valence electrons. The van der Waals surface area contributed by atoms with Gasteiger partial charge in [-0.25, -0.2) is 8.78 Å². The molecule has 0 heterocycles. The first kappa shape index (κ1) is 20.4. The predicted octanol–water partition coefficient (Wildman–Crippen LogP) is 1.31. The van der Waals surface area contributed by atoms with E-state index < -0.39 is 47.1 Å². The van der Waals surface area contributed by atoms with E-state index in [1.807, 2.05) is 0 Å². The molecule has 2 aliphatic rings. The molecular weight excluding hydrogens is 390 g/mol. The maximum absolute atomic E-state index is 13.9. The van der Waals surface area contributed by atoms with Crippen molar-refractivity contribution in [1.29, 1.82) is 0 Å². The molecule has 30 heavy (non-hydrogen) atoms. The maximum atomic E-state index is 13.9. The van der Waals surface area contributed by atoms with Crippen LogP contribution in [0.3, 0.4) is 0 Å². The Morgan fingerprint density at radius 3 is 2.50 bits per heavy atom. The van der Waals surface area contributed by atoms with Crippen molar-refractivity contribution in [2.45, 2.75) is 49.9 Å². The van der Waals surface area contributed by atoms with Gasteiger partial charge in [0.2, 0.25) is 11.8 Å². The van der Waals surface area contributed by atoms with E-state index in [9.17, 15) is 18.4 Å². The van der Waals surface area contributed by atoms with Crippen molar-refractivity contribution in [2.75, 3.05) is 0 Å². The lowest BCUT2D eigenvalue weighted by Gasteiger charge is -2.35. The Morgan fingerprint density at radius 2 is 1.80 bits per heavy atom. The van der Waals surface area contributed by atoms with Crippen LogP contribution in [0.25, 0.3) is 0 Å². The number of aryl methyl sites for hydroxylation is 1. The number of rotatable bonds is 4. The van der Waals surface area contributed by atoms with Crippen LogP contribution >= 0.6 is 0 Å². The fraction of sp³-hybridized carbons (Fsp3) is 0.364. The molecule has 0 aromatic heterocycles. The Morgan fingerprint density at radius 1 is 1.13 bits per heavy atom. The summed E-state index contributed by atoms with van der Waals surface area (Å²) in [6, 6.07) is 6.55. The van der Waals surface area contributed by atoms with Crippen LogP contribution in [0.2, 0.25) is 0 Å². The first-order valence-electron chi connectivity index (χ1n) is 9.88. The molecule has 4 rings (SSSR count). The number of benzene rings is 2. The third kappa shape index (κ3) is 3.46. The van der Waals surface area contributed by atoms with Crippen molar-refractivity contribution >= 4 is 11.8 Å². The van der Waals surface area contributed by atoms with Gasteiger partial charge in [-0.1, -0.05) is 12.1 Å². The third-order valence-corrected chi connectivity index (χ3v) is 6.17. The molecule has 6 nitrogen and oxygen atoms in total. The number of nitrogens with one attached hydrogen (secondary N) is 2. The first-order valence-corrected chi connectivity index (χ1v) is 9.88. The molecule has 4 atom stereocenters. The standard InChI is InChI=1S/C22H24F2N4O2/c1-11(29)27-20(22(26)7-6-12-2-4-15(24)10-17(12)22)21(30)28-18-8-13-3-5-14(23)9-16(13)19(18)25/h2-5,9-10,18-20H,6-8,25-26H2,1H3,(H,27,29)(H,28,30). The molecule has 0 fully saturated rings. The van der Waals surface area contributed by atoms with E-state index >= 15 is 0 Å². The van der Waals surface area contributed by atoms with Crippen molar-refractivity contribution in [1.82, 2.24) is 10.6 Å². The van der Waals surface area contributed by atoms with Crippen molar-refractivity contribution in [2.24, 2.45) is 11.5 Å². The van der Waals surface area contributed by atoms with E-state index in [-0.39, 0.29) is 0 Å². The average molecular weight is 414 g/mol. The number of carbonyl (C=O) groups excluding carboxylic acids is 2. The Kier molecular flexibility index (Phi) is 5.07. The highest BCUT2D eigenvalue weighted by atomic mass is 19.1. The van der Waals surface area contributed by atoms with Gasteiger partial charge in [-0.05, 0) is 65.8 Å². The van der Waals surface area contributed by atoms with Gasteiger partial charge < -0.3 is 22.1 Å². The summed E-state index contributed by atoms with van der Waals surface area (Å²) in [4.78, 5) is 25.1. The molecule has 2 amide bonds. The van der Waals surface area contributed by atoms with Crippen molar-refractivity contribution < 1.29 is 18.4 Å². The fourth-order valence-electron chi connectivity index (χ4n) is 4.66. The SMILES string of the molecule is CC(=O)NC(C(=O)NC1Cc2ccc(F)cc2C1N)C1(N)CCc2ccc(F)cc21. The molecule has 2 aromatic carbocycles. The highest BCUT2D eigenvalue weighted by molar-refractivity contribution is 5.89. The highest BCUT2D eigenvalue weighted by Gasteiger charge is 2.47. The quantitative estimate of drug-likeness (QED) is 0.605. The molecule has 0 bridgehead atoms. The van der Waals surface area contributed by atoms with Gasteiger partial charge in [0.25, 0.3) is 0 Å². The number of carbonyl (C=O) groups is 2. The zero-order valence-corrected chi connectivity index (χ0v) is 16.5. The van der Waals surface area contributed by atoms with E-state index in [1.165, 1.54) is 31.2 Å². The summed E-state index contributed by atoms with van der Waals surface area (Å²) < 4.78 is 27.5. The average Bonchev–Trinajstić information content (AvgIpc) is 3.18. The molecule has 2 aliphatic carbocycles. The largest absolute Gasteiger partial charge is 0.349 e. The van der Waals surface area contributed by atoms with Gasteiger partial charge in [0, 0.05) is 6.92 Å². The van der Waals surface area contributed by atoms with Gasteiger partial charge in [-0.3, -0.25) is 9.59 Å². The molecule has 0 radical (unpaired) electrons. The lowest BCUT2D eigenvalue weighted by atomic mass is 9.84. The van der Waals surface area contributed by atoms with Crippen LogP contribution in [-0.4, -0.2) is 23.9 Å². The van der Waals surface area contributed by atoms with Gasteiger partial charge in [0.1, 0.15) is 17.7 Å². The summed E-state index contributed by atoms with van der Waals surface area (Å²) in [6.07, 6.45) is 1.40. The van der Waals surface area contributed by atoms with Crippen LogP contribution in [-0.2, 0) is 28.0 Å². The van der Waals surface area contributed by atoms with Crippen LogP contribution in [0.5, 0.6) is 0 Å². The molecular formula is C22H24F2N4O2. The van der Waals surface area contributed by atoms with E-state index in [2.05, 4.69) is 10.6 Å². The van der Waals surface area contributed by atoms with E-state index in [1.54, 1.807) is 12.1 Å². The minimum absolute atomic E-state index is 0.381. The van der Waals surface area contributed by atoms with Crippen LogP contribution < -0.4 is 22.1 Å². The minimum Gasteiger partial charge on any atom is -0.349 e. The number of hydrogen-bond acceptors (Lipinski definition) is 4. The van der Waals surface area contributed by atoms with Gasteiger partial charge in [0.05, 0.1) is 17.6 Å². The van der Waals surface area contributed by atoms with Crippen LogP contribution in [0.15, 0.2) is 36.4 Å². The molecule has 0 saturated heterocycles. The maximum Gasteiger partial charge on any atom is 0.245 e. The number of nitrogens with two attached hydrogens (primary N) is 2. The lowest BCUT2D eigenvalue weighted by Crippen LogP contribution is -2.63. The third-order valence-electron chi connectivity index (χ3n) is 6.17. The summed E-state index contributed by atoms with van der Waals surface area (Å²) in [6.45, 7) is 1.30. The first-order chi connectivity index (χ1) is 14.2. The molecule has 6 N–H and O–H groups in total. The molecule has 2 aromatic rings. The van der Waals surface area contributed by atoms with Gasteiger partial charge in [0.15, 0.2) is 0 Å².